The molecule has 0 aliphatic heterocycles. The van der Waals surface area contributed by atoms with Crippen molar-refractivity contribution in [3.8, 4) is 0 Å². The minimum atomic E-state index is -0.478. The third-order valence-corrected chi connectivity index (χ3v) is 1.65. The van der Waals surface area contributed by atoms with Crippen molar-refractivity contribution in [2.75, 3.05) is 20.2 Å². The first-order valence-corrected chi connectivity index (χ1v) is 3.87. The van der Waals surface area contributed by atoms with Crippen molar-refractivity contribution in [1.82, 2.24) is 0 Å². The summed E-state index contributed by atoms with van der Waals surface area (Å²) in [6.45, 7) is 1.01. The van der Waals surface area contributed by atoms with E-state index < -0.39 is 6.10 Å². The molecule has 0 aromatic rings. The lowest BCUT2D eigenvalue weighted by Gasteiger charge is -2.19. The van der Waals surface area contributed by atoms with Crippen molar-refractivity contribution in [2.24, 2.45) is 11.5 Å². The van der Waals surface area contributed by atoms with Gasteiger partial charge in [0, 0.05) is 7.11 Å². The molecular formula is C7H18N2O2. The summed E-state index contributed by atoms with van der Waals surface area (Å²) >= 11 is 0. The van der Waals surface area contributed by atoms with E-state index in [9.17, 15) is 5.11 Å². The van der Waals surface area contributed by atoms with Crippen molar-refractivity contribution in [1.29, 1.82) is 0 Å². The highest BCUT2D eigenvalue weighted by Gasteiger charge is 2.16. The first-order chi connectivity index (χ1) is 5.26. The predicted molar refractivity (Wildman–Crippen MR) is 44.1 cm³/mol. The molecule has 0 aromatic heterocycles. The molecule has 2 atom stereocenters. The molecule has 0 rings (SSSR count). The summed E-state index contributed by atoms with van der Waals surface area (Å²) in [7, 11) is 1.57. The zero-order valence-corrected chi connectivity index (χ0v) is 6.99. The smallest absolute Gasteiger partial charge is 0.0842 e. The molecule has 0 amide bonds. The lowest BCUT2D eigenvalue weighted by atomic mass is 10.1. The molecule has 0 fully saturated rings. The summed E-state index contributed by atoms with van der Waals surface area (Å²) in [4.78, 5) is 0. The minimum Gasteiger partial charge on any atom is -0.390 e. The van der Waals surface area contributed by atoms with E-state index >= 15 is 0 Å². The second kappa shape index (κ2) is 6.54. The van der Waals surface area contributed by atoms with Gasteiger partial charge in [0.2, 0.25) is 0 Å². The van der Waals surface area contributed by atoms with E-state index in [1.54, 1.807) is 7.11 Å². The number of aliphatic hydroxyl groups excluding tert-OH is 1. The van der Waals surface area contributed by atoms with Crippen molar-refractivity contribution < 1.29 is 9.84 Å². The van der Waals surface area contributed by atoms with Gasteiger partial charge in [-0.3, -0.25) is 0 Å². The second-order valence-corrected chi connectivity index (χ2v) is 2.50. The second-order valence-electron chi connectivity index (χ2n) is 2.50. The summed E-state index contributed by atoms with van der Waals surface area (Å²) in [5.41, 5.74) is 10.6. The molecule has 2 unspecified atom stereocenters. The molecule has 0 aliphatic rings. The van der Waals surface area contributed by atoms with E-state index in [0.29, 0.717) is 25.9 Å². The van der Waals surface area contributed by atoms with Gasteiger partial charge in [-0.25, -0.2) is 0 Å². The fourth-order valence-electron chi connectivity index (χ4n) is 0.988. The van der Waals surface area contributed by atoms with E-state index in [1.807, 2.05) is 0 Å². The number of aliphatic hydroxyl groups is 1. The highest BCUT2D eigenvalue weighted by Crippen LogP contribution is 2.05. The monoisotopic (exact) mass is 162 g/mol. The van der Waals surface area contributed by atoms with Crippen LogP contribution >= 0.6 is 0 Å². The standard InChI is InChI=1S/C7H18N2O2/c1-11-7(3-5-9)6(10)2-4-8/h6-7,10H,2-5,8-9H2,1H3. The maximum atomic E-state index is 9.38. The average Bonchev–Trinajstić information content (AvgIpc) is 2.00. The zero-order chi connectivity index (χ0) is 8.69. The van der Waals surface area contributed by atoms with Crippen molar-refractivity contribution in [2.45, 2.75) is 25.0 Å². The first-order valence-electron chi connectivity index (χ1n) is 3.87. The SMILES string of the molecule is COC(CCN)C(O)CCN. The van der Waals surface area contributed by atoms with Crippen LogP contribution in [0.15, 0.2) is 0 Å². The third kappa shape index (κ3) is 4.31. The molecule has 0 spiro atoms. The topological polar surface area (TPSA) is 81.5 Å². The van der Waals surface area contributed by atoms with Crippen molar-refractivity contribution in [3.05, 3.63) is 0 Å². The van der Waals surface area contributed by atoms with Gasteiger partial charge in [0.1, 0.15) is 0 Å². The summed E-state index contributed by atoms with van der Waals surface area (Å²) in [5, 5.41) is 9.38. The number of nitrogens with two attached hydrogens (primary N) is 2. The fourth-order valence-corrected chi connectivity index (χ4v) is 0.988. The Morgan fingerprint density at radius 1 is 1.27 bits per heavy atom. The fraction of sp³-hybridized carbons (Fsp3) is 1.00. The van der Waals surface area contributed by atoms with Gasteiger partial charge in [-0.15, -0.1) is 0 Å². The summed E-state index contributed by atoms with van der Waals surface area (Å²) in [6, 6.07) is 0. The van der Waals surface area contributed by atoms with Crippen LogP contribution in [0.1, 0.15) is 12.8 Å². The van der Waals surface area contributed by atoms with Crippen LogP contribution in [-0.2, 0) is 4.74 Å². The normalized spacial score (nSPS) is 16.4. The van der Waals surface area contributed by atoms with Crippen molar-refractivity contribution >= 4 is 0 Å². The molecule has 0 heterocycles. The number of hydrogen-bond donors (Lipinski definition) is 3. The Hall–Kier alpha value is -0.160. The summed E-state index contributed by atoms with van der Waals surface area (Å²) < 4.78 is 5.02. The van der Waals surface area contributed by atoms with Gasteiger partial charge in [-0.1, -0.05) is 0 Å². The van der Waals surface area contributed by atoms with Crippen LogP contribution in [0.5, 0.6) is 0 Å². The molecule has 4 heteroatoms. The van der Waals surface area contributed by atoms with Gasteiger partial charge >= 0.3 is 0 Å². The van der Waals surface area contributed by atoms with Crippen LogP contribution in [-0.4, -0.2) is 37.5 Å². The van der Waals surface area contributed by atoms with Crippen LogP contribution in [0, 0.1) is 0 Å². The van der Waals surface area contributed by atoms with Gasteiger partial charge < -0.3 is 21.3 Å². The molecule has 0 bridgehead atoms. The van der Waals surface area contributed by atoms with Crippen LogP contribution < -0.4 is 11.5 Å². The zero-order valence-electron chi connectivity index (χ0n) is 6.99. The van der Waals surface area contributed by atoms with Crippen LogP contribution in [0.4, 0.5) is 0 Å². The van der Waals surface area contributed by atoms with Gasteiger partial charge in [0.15, 0.2) is 0 Å². The quantitative estimate of drug-likeness (QED) is 0.471. The molecular weight excluding hydrogens is 144 g/mol. The maximum Gasteiger partial charge on any atom is 0.0842 e. The Morgan fingerprint density at radius 3 is 2.18 bits per heavy atom. The lowest BCUT2D eigenvalue weighted by molar-refractivity contribution is -0.0171. The van der Waals surface area contributed by atoms with Gasteiger partial charge in [0.05, 0.1) is 12.2 Å². The Labute approximate surface area is 67.5 Å². The average molecular weight is 162 g/mol. The van der Waals surface area contributed by atoms with Gasteiger partial charge in [-0.05, 0) is 25.9 Å². The molecule has 68 valence electrons. The first kappa shape index (κ1) is 10.8. The molecule has 0 saturated heterocycles. The minimum absolute atomic E-state index is 0.163. The van der Waals surface area contributed by atoms with Crippen LogP contribution in [0.25, 0.3) is 0 Å². The van der Waals surface area contributed by atoms with E-state index in [2.05, 4.69) is 0 Å². The molecule has 0 radical (unpaired) electrons. The van der Waals surface area contributed by atoms with E-state index in [0.717, 1.165) is 0 Å². The summed E-state index contributed by atoms with van der Waals surface area (Å²) in [6.07, 6.45) is 0.605. The Kier molecular flexibility index (Phi) is 6.45. The number of methoxy groups -OCH3 is 1. The maximum absolute atomic E-state index is 9.38. The van der Waals surface area contributed by atoms with E-state index in [4.69, 9.17) is 16.2 Å². The Balaban J connectivity index is 3.61. The molecule has 11 heavy (non-hydrogen) atoms. The van der Waals surface area contributed by atoms with Crippen molar-refractivity contribution in [3.63, 3.8) is 0 Å². The Bertz CT molecular complexity index is 90.5. The van der Waals surface area contributed by atoms with Crippen LogP contribution in [0.3, 0.4) is 0 Å². The molecule has 0 aliphatic carbocycles. The number of ether oxygens (including phenoxy) is 1. The number of rotatable bonds is 6. The highest BCUT2D eigenvalue weighted by molar-refractivity contribution is 4.69. The largest absolute Gasteiger partial charge is 0.390 e. The predicted octanol–water partition coefficient (Wildman–Crippen LogP) is -0.940. The molecule has 4 nitrogen and oxygen atoms in total. The molecule has 5 N–H and O–H groups in total. The molecule has 0 saturated carbocycles. The van der Waals surface area contributed by atoms with Crippen LogP contribution in [0.2, 0.25) is 0 Å². The highest BCUT2D eigenvalue weighted by atomic mass is 16.5. The van der Waals surface area contributed by atoms with Gasteiger partial charge in [-0.2, -0.15) is 0 Å². The van der Waals surface area contributed by atoms with E-state index in [1.165, 1.54) is 0 Å². The van der Waals surface area contributed by atoms with Gasteiger partial charge in [0.25, 0.3) is 0 Å². The Morgan fingerprint density at radius 2 is 1.82 bits per heavy atom. The summed E-state index contributed by atoms with van der Waals surface area (Å²) in [5.74, 6) is 0. The third-order valence-electron chi connectivity index (χ3n) is 1.65. The van der Waals surface area contributed by atoms with E-state index in [-0.39, 0.29) is 6.10 Å². The lowest BCUT2D eigenvalue weighted by Crippen LogP contribution is -2.32. The molecule has 0 aromatic carbocycles. The number of hydrogen-bond acceptors (Lipinski definition) is 4.